The summed E-state index contributed by atoms with van der Waals surface area (Å²) in [5.41, 5.74) is 2.32. The summed E-state index contributed by atoms with van der Waals surface area (Å²) in [6.45, 7) is 7.59. The highest BCUT2D eigenvalue weighted by Gasteiger charge is 2.27. The van der Waals surface area contributed by atoms with Crippen molar-refractivity contribution >= 4 is 11.8 Å². The van der Waals surface area contributed by atoms with E-state index in [1.807, 2.05) is 45.9 Å². The van der Waals surface area contributed by atoms with Gasteiger partial charge in [-0.1, -0.05) is 31.5 Å². The maximum atomic E-state index is 13.0. The second-order valence-corrected chi connectivity index (χ2v) is 7.40. The van der Waals surface area contributed by atoms with Gasteiger partial charge < -0.3 is 20.1 Å². The fourth-order valence-electron chi connectivity index (χ4n) is 3.10. The van der Waals surface area contributed by atoms with Crippen molar-refractivity contribution in [1.82, 2.24) is 10.6 Å². The quantitative estimate of drug-likeness (QED) is 0.712. The van der Waals surface area contributed by atoms with Crippen molar-refractivity contribution in [3.05, 3.63) is 59.2 Å². The van der Waals surface area contributed by atoms with Crippen LogP contribution in [0.5, 0.6) is 11.5 Å². The van der Waals surface area contributed by atoms with Crippen LogP contribution in [-0.2, 0) is 4.79 Å². The number of aryl methyl sites for hydroxylation is 1. The molecule has 29 heavy (non-hydrogen) atoms. The third kappa shape index (κ3) is 5.73. The van der Waals surface area contributed by atoms with E-state index in [-0.39, 0.29) is 23.8 Å². The first-order valence-electron chi connectivity index (χ1n) is 9.66. The van der Waals surface area contributed by atoms with E-state index in [0.29, 0.717) is 17.1 Å². The third-order valence-corrected chi connectivity index (χ3v) is 4.78. The lowest BCUT2D eigenvalue weighted by atomic mass is 10.0. The Morgan fingerprint density at radius 2 is 1.66 bits per heavy atom. The van der Waals surface area contributed by atoms with Crippen LogP contribution in [0.4, 0.5) is 0 Å². The van der Waals surface area contributed by atoms with Gasteiger partial charge in [0.1, 0.15) is 17.5 Å². The molecule has 6 heteroatoms. The topological polar surface area (TPSA) is 76.7 Å². The van der Waals surface area contributed by atoms with Gasteiger partial charge in [-0.25, -0.2) is 0 Å². The van der Waals surface area contributed by atoms with Crippen LogP contribution in [0.25, 0.3) is 0 Å². The largest absolute Gasteiger partial charge is 0.497 e. The lowest BCUT2D eigenvalue weighted by Crippen LogP contribution is -2.50. The van der Waals surface area contributed by atoms with E-state index in [0.717, 1.165) is 11.1 Å². The molecule has 2 amide bonds. The highest BCUT2D eigenvalue weighted by atomic mass is 16.5. The first-order valence-corrected chi connectivity index (χ1v) is 9.66. The minimum Gasteiger partial charge on any atom is -0.497 e. The van der Waals surface area contributed by atoms with Gasteiger partial charge in [0, 0.05) is 11.1 Å². The van der Waals surface area contributed by atoms with Crippen LogP contribution in [0.1, 0.15) is 48.3 Å². The standard InChI is InChI=1S/C23H30N2O4/c1-14(2)21(25-22(26)17-9-7-8-15(3)12-17)23(27)24-16(4)19-13-18(28-5)10-11-20(19)29-6/h7-14,16,21H,1-6H3,(H,24,27)(H,25,26). The van der Waals surface area contributed by atoms with Crippen molar-refractivity contribution in [3.63, 3.8) is 0 Å². The van der Waals surface area contributed by atoms with Crippen molar-refractivity contribution in [1.29, 1.82) is 0 Å². The van der Waals surface area contributed by atoms with Gasteiger partial charge in [-0.2, -0.15) is 0 Å². The molecule has 2 atom stereocenters. The first kappa shape index (κ1) is 22.3. The molecule has 2 N–H and O–H groups in total. The highest BCUT2D eigenvalue weighted by molar-refractivity contribution is 5.97. The van der Waals surface area contributed by atoms with Crippen LogP contribution < -0.4 is 20.1 Å². The van der Waals surface area contributed by atoms with Gasteiger partial charge in [0.2, 0.25) is 5.91 Å². The van der Waals surface area contributed by atoms with E-state index >= 15 is 0 Å². The zero-order valence-electron chi connectivity index (χ0n) is 17.9. The average molecular weight is 399 g/mol. The summed E-state index contributed by atoms with van der Waals surface area (Å²) in [7, 11) is 3.17. The van der Waals surface area contributed by atoms with Gasteiger partial charge in [0.25, 0.3) is 5.91 Å². The maximum Gasteiger partial charge on any atom is 0.251 e. The minimum atomic E-state index is -0.665. The molecule has 2 aromatic carbocycles. The van der Waals surface area contributed by atoms with Crippen LogP contribution in [0.15, 0.2) is 42.5 Å². The fourth-order valence-corrected chi connectivity index (χ4v) is 3.10. The van der Waals surface area contributed by atoms with E-state index < -0.39 is 6.04 Å². The van der Waals surface area contributed by atoms with Gasteiger partial charge in [-0.05, 0) is 50.1 Å². The second kappa shape index (κ2) is 9.96. The van der Waals surface area contributed by atoms with Crippen LogP contribution >= 0.6 is 0 Å². The minimum absolute atomic E-state index is 0.0804. The summed E-state index contributed by atoms with van der Waals surface area (Å²) < 4.78 is 10.7. The molecule has 2 rings (SSSR count). The van der Waals surface area contributed by atoms with E-state index in [9.17, 15) is 9.59 Å². The number of hydrogen-bond donors (Lipinski definition) is 2. The van der Waals surface area contributed by atoms with Gasteiger partial charge in [0.15, 0.2) is 0 Å². The van der Waals surface area contributed by atoms with Crippen LogP contribution in [0, 0.1) is 12.8 Å². The van der Waals surface area contributed by atoms with Crippen LogP contribution in [0.3, 0.4) is 0 Å². The molecule has 0 saturated heterocycles. The van der Waals surface area contributed by atoms with Crippen molar-refractivity contribution in [2.24, 2.45) is 5.92 Å². The van der Waals surface area contributed by atoms with E-state index in [4.69, 9.17) is 9.47 Å². The molecule has 0 aliphatic heterocycles. The van der Waals surface area contributed by atoms with Gasteiger partial charge >= 0.3 is 0 Å². The predicted octanol–water partition coefficient (Wildman–Crippen LogP) is 3.64. The number of ether oxygens (including phenoxy) is 2. The Morgan fingerprint density at radius 1 is 0.931 bits per heavy atom. The summed E-state index contributed by atoms with van der Waals surface area (Å²) in [6, 6.07) is 11.7. The summed E-state index contributed by atoms with van der Waals surface area (Å²) in [5.74, 6) is 0.731. The monoisotopic (exact) mass is 398 g/mol. The summed E-state index contributed by atoms with van der Waals surface area (Å²) in [4.78, 5) is 25.6. The molecule has 0 aliphatic rings. The molecule has 0 aliphatic carbocycles. The Morgan fingerprint density at radius 3 is 2.24 bits per heavy atom. The highest BCUT2D eigenvalue weighted by Crippen LogP contribution is 2.29. The number of hydrogen-bond acceptors (Lipinski definition) is 4. The molecule has 0 spiro atoms. The summed E-state index contributed by atoms with van der Waals surface area (Å²) in [6.07, 6.45) is 0. The van der Waals surface area contributed by atoms with Gasteiger partial charge in [0.05, 0.1) is 20.3 Å². The lowest BCUT2D eigenvalue weighted by molar-refractivity contribution is -0.124. The molecular formula is C23H30N2O4. The Bertz CT molecular complexity index is 864. The molecule has 0 saturated carbocycles. The van der Waals surface area contributed by atoms with Crippen molar-refractivity contribution < 1.29 is 19.1 Å². The third-order valence-electron chi connectivity index (χ3n) is 4.78. The number of carbonyl (C=O) groups is 2. The number of methoxy groups -OCH3 is 2. The van der Waals surface area contributed by atoms with Gasteiger partial charge in [-0.3, -0.25) is 9.59 Å². The molecule has 156 valence electrons. The summed E-state index contributed by atoms with van der Waals surface area (Å²) >= 11 is 0. The molecule has 0 radical (unpaired) electrons. The average Bonchev–Trinajstić information content (AvgIpc) is 2.70. The SMILES string of the molecule is COc1ccc(OC)c(C(C)NC(=O)C(NC(=O)c2cccc(C)c2)C(C)C)c1. The number of nitrogens with one attached hydrogen (secondary N) is 2. The van der Waals surface area contributed by atoms with E-state index in [1.54, 1.807) is 38.5 Å². The van der Waals surface area contributed by atoms with Crippen molar-refractivity contribution in [3.8, 4) is 11.5 Å². The number of benzene rings is 2. The maximum absolute atomic E-state index is 13.0. The molecule has 0 fully saturated rings. The van der Waals surface area contributed by atoms with Crippen LogP contribution in [0.2, 0.25) is 0 Å². The molecule has 2 unspecified atom stereocenters. The molecule has 0 bridgehead atoms. The number of rotatable bonds is 8. The van der Waals surface area contributed by atoms with Crippen LogP contribution in [-0.4, -0.2) is 32.1 Å². The Balaban J connectivity index is 2.16. The van der Waals surface area contributed by atoms with Crippen molar-refractivity contribution in [2.75, 3.05) is 14.2 Å². The van der Waals surface area contributed by atoms with E-state index in [1.165, 1.54) is 0 Å². The number of carbonyl (C=O) groups excluding carboxylic acids is 2. The molecular weight excluding hydrogens is 368 g/mol. The Labute approximate surface area is 172 Å². The molecule has 0 heterocycles. The smallest absolute Gasteiger partial charge is 0.251 e. The van der Waals surface area contributed by atoms with E-state index in [2.05, 4.69) is 10.6 Å². The Hall–Kier alpha value is -3.02. The van der Waals surface area contributed by atoms with Crippen molar-refractivity contribution in [2.45, 2.75) is 39.8 Å². The first-order chi connectivity index (χ1) is 13.8. The Kier molecular flexibility index (Phi) is 7.65. The predicted molar refractivity (Wildman–Crippen MR) is 113 cm³/mol. The fraction of sp³-hybridized carbons (Fsp3) is 0.391. The molecule has 2 aromatic rings. The molecule has 6 nitrogen and oxygen atoms in total. The molecule has 0 aromatic heterocycles. The van der Waals surface area contributed by atoms with Gasteiger partial charge in [-0.15, -0.1) is 0 Å². The zero-order chi connectivity index (χ0) is 21.6. The normalized spacial score (nSPS) is 12.8. The lowest BCUT2D eigenvalue weighted by Gasteiger charge is -2.25. The summed E-state index contributed by atoms with van der Waals surface area (Å²) in [5, 5.41) is 5.84. The zero-order valence-corrected chi connectivity index (χ0v) is 17.9. The second-order valence-electron chi connectivity index (χ2n) is 7.40. The number of amides is 2.